The van der Waals surface area contributed by atoms with Gasteiger partial charge >= 0.3 is 11.9 Å². The van der Waals surface area contributed by atoms with E-state index >= 15 is 0 Å². The van der Waals surface area contributed by atoms with Gasteiger partial charge in [-0.05, 0) is 206 Å². The monoisotopic (exact) mass is 978 g/mol. The number of fused-ring (bicyclic) bond motifs is 2. The number of rotatable bonds is 11. The number of nitrogens with zero attached hydrogens (tertiary/aromatic N) is 3. The molecule has 3 amide bonds. The second-order valence-corrected chi connectivity index (χ2v) is 20.2. The Bertz CT molecular complexity index is 3220. The highest BCUT2D eigenvalue weighted by atomic mass is 16.4. The van der Waals surface area contributed by atoms with Crippen LogP contribution in [0.5, 0.6) is 0 Å². The third-order valence-electron chi connectivity index (χ3n) is 15.5. The third-order valence-corrected chi connectivity index (χ3v) is 15.5. The number of nitrogens with two attached hydrogens (primary N) is 1. The van der Waals surface area contributed by atoms with E-state index < -0.39 is 17.8 Å². The average molecular weight is 979 g/mol. The van der Waals surface area contributed by atoms with Crippen LogP contribution in [-0.4, -0.2) is 62.8 Å². The van der Waals surface area contributed by atoms with E-state index in [-0.39, 0.29) is 36.5 Å². The van der Waals surface area contributed by atoms with Gasteiger partial charge in [-0.1, -0.05) is 60.7 Å². The van der Waals surface area contributed by atoms with Gasteiger partial charge < -0.3 is 25.7 Å². The summed E-state index contributed by atoms with van der Waals surface area (Å²) in [6, 6.07) is 29.2. The number of carboxylic acids is 2. The van der Waals surface area contributed by atoms with Gasteiger partial charge in [0.25, 0.3) is 11.8 Å². The first-order valence-electron chi connectivity index (χ1n) is 24.9. The molecular weight excluding hydrogens is 913 g/mol. The Balaban J connectivity index is 0.000000214. The number of primary amides is 1. The first kappa shape index (κ1) is 53.0. The molecule has 0 fully saturated rings. The zero-order valence-corrected chi connectivity index (χ0v) is 43.7. The molecule has 0 saturated heterocycles. The van der Waals surface area contributed by atoms with Crippen LogP contribution in [0, 0.1) is 80.6 Å². The zero-order valence-electron chi connectivity index (χ0n) is 43.7. The van der Waals surface area contributed by atoms with Gasteiger partial charge in [0.1, 0.15) is 0 Å². The Labute approximate surface area is 429 Å². The molecule has 0 aliphatic carbocycles. The smallest absolute Gasteiger partial charge is 0.304 e. The van der Waals surface area contributed by atoms with Crippen LogP contribution in [-0.2, 0) is 35.5 Å². The molecular formula is C62H66N4O7. The van der Waals surface area contributed by atoms with Gasteiger partial charge in [-0.3, -0.25) is 24.0 Å². The van der Waals surface area contributed by atoms with Crippen molar-refractivity contribution >= 4 is 29.7 Å². The maximum Gasteiger partial charge on any atom is 0.304 e. The van der Waals surface area contributed by atoms with Gasteiger partial charge in [-0.15, -0.1) is 0 Å². The molecule has 2 aliphatic rings. The van der Waals surface area contributed by atoms with Crippen LogP contribution in [0.1, 0.15) is 161 Å². The zero-order chi connectivity index (χ0) is 53.2. The molecule has 6 aromatic rings. The Morgan fingerprint density at radius 3 is 1.27 bits per heavy atom. The van der Waals surface area contributed by atoms with Crippen molar-refractivity contribution < 1.29 is 34.2 Å². The van der Waals surface area contributed by atoms with Crippen molar-refractivity contribution in [3.63, 3.8) is 0 Å². The number of nitriles is 1. The predicted octanol–water partition coefficient (Wildman–Crippen LogP) is 11.0. The highest BCUT2D eigenvalue weighted by molar-refractivity contribution is 5.99. The summed E-state index contributed by atoms with van der Waals surface area (Å²) in [5, 5.41) is 28.6. The molecule has 2 aliphatic heterocycles. The first-order valence-corrected chi connectivity index (χ1v) is 24.9. The molecule has 0 saturated carbocycles. The normalized spacial score (nSPS) is 13.7. The molecule has 376 valence electrons. The Hall–Kier alpha value is -7.84. The third kappa shape index (κ3) is 11.3. The van der Waals surface area contributed by atoms with Crippen molar-refractivity contribution in [1.29, 1.82) is 5.26 Å². The van der Waals surface area contributed by atoms with Gasteiger partial charge in [-0.25, -0.2) is 0 Å². The molecule has 11 heteroatoms. The fourth-order valence-electron chi connectivity index (χ4n) is 10.8. The Morgan fingerprint density at radius 2 is 0.918 bits per heavy atom. The molecule has 73 heavy (non-hydrogen) atoms. The lowest BCUT2D eigenvalue weighted by atomic mass is 9.83. The van der Waals surface area contributed by atoms with E-state index in [1.165, 1.54) is 11.1 Å². The number of hydrogen-bond acceptors (Lipinski definition) is 6. The second-order valence-electron chi connectivity index (χ2n) is 20.2. The lowest BCUT2D eigenvalue weighted by Gasteiger charge is -2.31. The molecule has 2 atom stereocenters. The summed E-state index contributed by atoms with van der Waals surface area (Å²) in [7, 11) is 0. The fraction of sp³-hybridized carbons (Fsp3) is 0.323. The fourth-order valence-corrected chi connectivity index (χ4v) is 10.8. The SMILES string of the molecule is Cc1cc(C#N)ccc1C(CC(=O)O)c1ccc2c(c1)CN(C(=O)c1c(C)c(C)cc(C)c1C)CC2.Cc1cc(C(N)=O)ccc1C(CC(=O)O)c1ccc2c(c1)CN(C(=O)c1c(C)c(C)cc(C)c1C)CC2. The van der Waals surface area contributed by atoms with E-state index in [1.54, 1.807) is 30.3 Å². The molecule has 8 rings (SSSR count). The van der Waals surface area contributed by atoms with Crippen molar-refractivity contribution in [1.82, 2.24) is 9.80 Å². The molecule has 0 aromatic heterocycles. The lowest BCUT2D eigenvalue weighted by Crippen LogP contribution is -2.37. The standard InChI is InChI=1S/C31H34N2O4.C31H32N2O3/c1-17-12-18(2)21(5)29(20(17)4)31(37)33-11-10-22-6-7-23(14-25(22)16-33)27(15-28(34)35)26-9-8-24(30(32)36)13-19(26)3;1-18-12-19(2)22(5)30(21(18)4)31(36)33-11-10-24-7-8-25(14-26(24)17-33)28(15-29(34)35)27-9-6-23(16-32)13-20(27)3/h6-9,12-14,27H,10-11,15-16H2,1-5H3,(H2,32,36)(H,34,35);6-9,12-14,28H,10-11,15,17H2,1-5H3,(H,34,35). The number of carbonyl (C=O) groups excluding carboxylic acids is 3. The topological polar surface area (TPSA) is 182 Å². The summed E-state index contributed by atoms with van der Waals surface area (Å²) in [6.07, 6.45) is 1.39. The van der Waals surface area contributed by atoms with Crippen molar-refractivity contribution in [2.24, 2.45) is 5.73 Å². The van der Waals surface area contributed by atoms with Gasteiger partial charge in [0.15, 0.2) is 0 Å². The minimum Gasteiger partial charge on any atom is -0.481 e. The van der Waals surface area contributed by atoms with Crippen LogP contribution < -0.4 is 5.73 Å². The maximum absolute atomic E-state index is 13.7. The van der Waals surface area contributed by atoms with Gasteiger partial charge in [0, 0.05) is 54.7 Å². The van der Waals surface area contributed by atoms with E-state index in [0.717, 1.165) is 113 Å². The maximum atomic E-state index is 13.7. The summed E-state index contributed by atoms with van der Waals surface area (Å²) < 4.78 is 0. The van der Waals surface area contributed by atoms with Gasteiger partial charge in [0.2, 0.25) is 5.91 Å². The van der Waals surface area contributed by atoms with E-state index in [4.69, 9.17) is 5.73 Å². The van der Waals surface area contributed by atoms with Crippen LogP contribution in [0.3, 0.4) is 0 Å². The number of carbonyl (C=O) groups is 5. The Kier molecular flexibility index (Phi) is 15.9. The highest BCUT2D eigenvalue weighted by Gasteiger charge is 2.30. The Morgan fingerprint density at radius 1 is 0.521 bits per heavy atom. The van der Waals surface area contributed by atoms with E-state index in [9.17, 15) is 39.4 Å². The quantitative estimate of drug-likeness (QED) is 0.115. The van der Waals surface area contributed by atoms with E-state index in [2.05, 4.69) is 36.4 Å². The molecule has 2 unspecified atom stereocenters. The van der Waals surface area contributed by atoms with Crippen molar-refractivity contribution in [2.75, 3.05) is 13.1 Å². The number of benzene rings is 6. The van der Waals surface area contributed by atoms with Crippen LogP contribution in [0.15, 0.2) is 84.9 Å². The van der Waals surface area contributed by atoms with Gasteiger partial charge in [0.05, 0.1) is 24.5 Å². The predicted molar refractivity (Wildman–Crippen MR) is 284 cm³/mol. The molecule has 0 radical (unpaired) electrons. The second kappa shape index (κ2) is 21.9. The molecule has 0 spiro atoms. The van der Waals surface area contributed by atoms with E-state index in [1.807, 2.05) is 103 Å². The lowest BCUT2D eigenvalue weighted by molar-refractivity contribution is -0.138. The van der Waals surface area contributed by atoms with Crippen LogP contribution in [0.25, 0.3) is 0 Å². The molecule has 11 nitrogen and oxygen atoms in total. The van der Waals surface area contributed by atoms with Crippen molar-refractivity contribution in [3.05, 3.63) is 207 Å². The molecule has 0 bridgehead atoms. The van der Waals surface area contributed by atoms with Crippen LogP contribution in [0.2, 0.25) is 0 Å². The minimum atomic E-state index is -0.904. The van der Waals surface area contributed by atoms with E-state index in [0.29, 0.717) is 37.3 Å². The number of hydrogen-bond donors (Lipinski definition) is 3. The number of amides is 3. The summed E-state index contributed by atoms with van der Waals surface area (Å²) in [5.41, 5.74) is 26.2. The van der Waals surface area contributed by atoms with Crippen molar-refractivity contribution in [2.45, 2.75) is 120 Å². The number of carboxylic acid groups (broad SMARTS) is 2. The van der Waals surface area contributed by atoms with Gasteiger partial charge in [-0.2, -0.15) is 5.26 Å². The van der Waals surface area contributed by atoms with Crippen LogP contribution in [0.4, 0.5) is 0 Å². The summed E-state index contributed by atoms with van der Waals surface area (Å²) >= 11 is 0. The van der Waals surface area contributed by atoms with Crippen molar-refractivity contribution in [3.8, 4) is 6.07 Å². The minimum absolute atomic E-state index is 0.0397. The first-order chi connectivity index (χ1) is 34.6. The summed E-state index contributed by atoms with van der Waals surface area (Å²) in [5.74, 6) is -2.93. The largest absolute Gasteiger partial charge is 0.481 e. The summed E-state index contributed by atoms with van der Waals surface area (Å²) in [6.45, 7) is 22.3. The van der Waals surface area contributed by atoms with Crippen LogP contribution >= 0.6 is 0 Å². The number of aryl methyl sites for hydroxylation is 6. The molecule has 6 aromatic carbocycles. The summed E-state index contributed by atoms with van der Waals surface area (Å²) in [4.78, 5) is 66.4. The highest BCUT2D eigenvalue weighted by Crippen LogP contribution is 2.36. The molecule has 4 N–H and O–H groups in total. The average Bonchev–Trinajstić information content (AvgIpc) is 3.35. The molecule has 2 heterocycles. The number of aliphatic carboxylic acids is 2.